The van der Waals surface area contributed by atoms with Gasteiger partial charge in [0.1, 0.15) is 11.6 Å². The van der Waals surface area contributed by atoms with Crippen LogP contribution in [-0.2, 0) is 9.53 Å². The fourth-order valence-corrected chi connectivity index (χ4v) is 3.40. The zero-order valence-corrected chi connectivity index (χ0v) is 13.9. The molecule has 122 valence electrons. The lowest BCUT2D eigenvalue weighted by Crippen LogP contribution is -3.16. The van der Waals surface area contributed by atoms with E-state index in [9.17, 15) is 14.7 Å². The van der Waals surface area contributed by atoms with Crippen LogP contribution in [0.25, 0.3) is 0 Å². The van der Waals surface area contributed by atoms with Gasteiger partial charge in [-0.25, -0.2) is 4.79 Å². The Bertz CT molecular complexity index is 516. The van der Waals surface area contributed by atoms with Crippen LogP contribution in [-0.4, -0.2) is 48.7 Å². The van der Waals surface area contributed by atoms with Gasteiger partial charge in [-0.05, 0) is 32.2 Å². The number of hydrogen-bond acceptors (Lipinski definition) is 5. The third kappa shape index (κ3) is 4.20. The fraction of sp³-hybridized carbons (Fsp3) is 0.600. The third-order valence-electron chi connectivity index (χ3n) is 3.53. The van der Waals surface area contributed by atoms with Gasteiger partial charge in [-0.1, -0.05) is 6.07 Å². The number of ether oxygens (including phenoxy) is 1. The smallest absolute Gasteiger partial charge is 0.410 e. The molecule has 0 aliphatic carbocycles. The summed E-state index contributed by atoms with van der Waals surface area (Å²) in [6.07, 6.45) is -0.340. The lowest BCUT2D eigenvalue weighted by molar-refractivity contribution is -0.928. The Morgan fingerprint density at radius 3 is 2.45 bits per heavy atom. The summed E-state index contributed by atoms with van der Waals surface area (Å²) in [5, 5.41) is 13.3. The second kappa shape index (κ2) is 6.66. The largest absolute Gasteiger partial charge is 0.544 e. The Morgan fingerprint density at radius 1 is 1.36 bits per heavy atom. The summed E-state index contributed by atoms with van der Waals surface area (Å²) in [5.41, 5.74) is -0.522. The third-order valence-corrected chi connectivity index (χ3v) is 4.47. The van der Waals surface area contributed by atoms with Crippen LogP contribution in [0.4, 0.5) is 4.79 Å². The second-order valence-electron chi connectivity index (χ2n) is 6.39. The van der Waals surface area contributed by atoms with E-state index < -0.39 is 17.6 Å². The molecular weight excluding hydrogens is 304 g/mol. The number of carboxylic acids is 1. The Morgan fingerprint density at radius 2 is 2.00 bits per heavy atom. The molecule has 2 heterocycles. The molecule has 1 amide bonds. The van der Waals surface area contributed by atoms with E-state index in [1.165, 1.54) is 11.3 Å². The van der Waals surface area contributed by atoms with Crippen molar-refractivity contribution in [3.63, 3.8) is 0 Å². The summed E-state index contributed by atoms with van der Waals surface area (Å²) < 4.78 is 5.34. The van der Waals surface area contributed by atoms with E-state index in [0.717, 1.165) is 9.78 Å². The summed E-state index contributed by atoms with van der Waals surface area (Å²) in [6.45, 7) is 7.59. The van der Waals surface area contributed by atoms with E-state index in [1.807, 2.05) is 38.3 Å². The molecule has 22 heavy (non-hydrogen) atoms. The SMILES string of the molecule is CC(C)(C)OC(=O)N1CC[NH+]([C@H](C(=O)[O-])c2cccs2)CC1. The molecule has 6 nitrogen and oxygen atoms in total. The molecule has 0 saturated carbocycles. The molecule has 1 saturated heterocycles. The predicted molar refractivity (Wildman–Crippen MR) is 80.6 cm³/mol. The molecule has 7 heteroatoms. The van der Waals surface area contributed by atoms with E-state index >= 15 is 0 Å². The topological polar surface area (TPSA) is 74.1 Å². The number of thiophene rings is 1. The summed E-state index contributed by atoms with van der Waals surface area (Å²) in [7, 11) is 0. The van der Waals surface area contributed by atoms with Crippen LogP contribution < -0.4 is 10.0 Å². The number of piperazine rings is 1. The molecule has 1 aliphatic rings. The van der Waals surface area contributed by atoms with Crippen LogP contribution in [0.15, 0.2) is 17.5 Å². The van der Waals surface area contributed by atoms with Gasteiger partial charge in [-0.15, -0.1) is 11.3 Å². The highest BCUT2D eigenvalue weighted by atomic mass is 32.1. The van der Waals surface area contributed by atoms with E-state index in [0.29, 0.717) is 26.2 Å². The number of carbonyl (C=O) groups excluding carboxylic acids is 2. The summed E-state index contributed by atoms with van der Waals surface area (Å²) in [4.78, 5) is 26.8. The zero-order chi connectivity index (χ0) is 16.3. The first kappa shape index (κ1) is 16.8. The van der Waals surface area contributed by atoms with Crippen molar-refractivity contribution in [2.75, 3.05) is 26.2 Å². The minimum atomic E-state index is -1.07. The average Bonchev–Trinajstić information content (AvgIpc) is 2.91. The van der Waals surface area contributed by atoms with Crippen molar-refractivity contribution in [3.8, 4) is 0 Å². The first-order valence-electron chi connectivity index (χ1n) is 7.34. The van der Waals surface area contributed by atoms with Crippen molar-refractivity contribution in [3.05, 3.63) is 22.4 Å². The Hall–Kier alpha value is -1.60. The van der Waals surface area contributed by atoms with Gasteiger partial charge in [0.15, 0.2) is 6.04 Å². The lowest BCUT2D eigenvalue weighted by atomic mass is 10.1. The van der Waals surface area contributed by atoms with Crippen molar-refractivity contribution in [2.24, 2.45) is 0 Å². The number of nitrogens with one attached hydrogen (secondary N) is 1. The molecule has 0 bridgehead atoms. The van der Waals surface area contributed by atoms with Crippen LogP contribution >= 0.6 is 11.3 Å². The number of carboxylic acid groups (broad SMARTS) is 1. The molecule has 1 aliphatic heterocycles. The van der Waals surface area contributed by atoms with Crippen LogP contribution in [0.1, 0.15) is 31.7 Å². The second-order valence-corrected chi connectivity index (χ2v) is 7.37. The molecule has 1 fully saturated rings. The number of hydrogen-bond donors (Lipinski definition) is 1. The van der Waals surface area contributed by atoms with E-state index in [2.05, 4.69) is 0 Å². The van der Waals surface area contributed by atoms with E-state index in [-0.39, 0.29) is 6.09 Å². The molecule has 0 aromatic carbocycles. The van der Waals surface area contributed by atoms with E-state index in [1.54, 1.807) is 4.90 Å². The number of carbonyl (C=O) groups is 2. The molecular formula is C15H22N2O4S. The number of nitrogens with zero attached hydrogens (tertiary/aromatic N) is 1. The minimum absolute atomic E-state index is 0.340. The first-order valence-corrected chi connectivity index (χ1v) is 8.22. The van der Waals surface area contributed by atoms with Crippen LogP contribution in [0.3, 0.4) is 0 Å². The van der Waals surface area contributed by atoms with Gasteiger partial charge >= 0.3 is 6.09 Å². The normalized spacial score (nSPS) is 18.0. The summed E-state index contributed by atoms with van der Waals surface area (Å²) >= 11 is 1.42. The maximum atomic E-state index is 12.0. The molecule has 1 atom stereocenters. The Balaban J connectivity index is 1.96. The van der Waals surface area contributed by atoms with Crippen molar-refractivity contribution in [1.82, 2.24) is 4.90 Å². The Kier molecular flexibility index (Phi) is 5.08. The van der Waals surface area contributed by atoms with Crippen LogP contribution in [0.5, 0.6) is 0 Å². The highest BCUT2D eigenvalue weighted by Crippen LogP contribution is 2.16. The van der Waals surface area contributed by atoms with Gasteiger partial charge in [0.25, 0.3) is 0 Å². The summed E-state index contributed by atoms with van der Waals surface area (Å²) in [5.74, 6) is -1.07. The monoisotopic (exact) mass is 326 g/mol. The molecule has 0 unspecified atom stereocenters. The highest BCUT2D eigenvalue weighted by molar-refractivity contribution is 7.10. The number of amides is 1. The van der Waals surface area contributed by atoms with Gasteiger partial charge in [-0.2, -0.15) is 0 Å². The Labute approximate surface area is 134 Å². The van der Waals surface area contributed by atoms with Crippen molar-refractivity contribution >= 4 is 23.4 Å². The van der Waals surface area contributed by atoms with Crippen molar-refractivity contribution in [2.45, 2.75) is 32.4 Å². The average molecular weight is 326 g/mol. The molecule has 2 rings (SSSR count). The number of rotatable bonds is 3. The van der Waals surface area contributed by atoms with Crippen molar-refractivity contribution in [1.29, 1.82) is 0 Å². The van der Waals surface area contributed by atoms with Gasteiger partial charge in [0.05, 0.1) is 31.1 Å². The van der Waals surface area contributed by atoms with E-state index in [4.69, 9.17) is 4.74 Å². The molecule has 0 radical (unpaired) electrons. The maximum absolute atomic E-state index is 12.0. The fourth-order valence-electron chi connectivity index (χ4n) is 2.53. The molecule has 0 spiro atoms. The lowest BCUT2D eigenvalue weighted by Gasteiger charge is -2.37. The standard InChI is InChI=1S/C15H22N2O4S/c1-15(2,3)21-14(20)17-8-6-16(7-9-17)12(13(18)19)11-5-4-10-22-11/h4-5,10,12H,6-9H2,1-3H3,(H,18,19)/t12-/m0/s1. The number of quaternary nitrogens is 1. The quantitative estimate of drug-likeness (QED) is 0.826. The van der Waals surface area contributed by atoms with Gasteiger partial charge in [0.2, 0.25) is 0 Å². The highest BCUT2D eigenvalue weighted by Gasteiger charge is 2.33. The minimum Gasteiger partial charge on any atom is -0.544 e. The molecule has 1 aromatic rings. The zero-order valence-electron chi connectivity index (χ0n) is 13.1. The maximum Gasteiger partial charge on any atom is 0.410 e. The van der Waals surface area contributed by atoms with Gasteiger partial charge in [0, 0.05) is 0 Å². The summed E-state index contributed by atoms with van der Waals surface area (Å²) in [6, 6.07) is 2.99. The first-order chi connectivity index (χ1) is 10.3. The predicted octanol–water partition coefficient (Wildman–Crippen LogP) is -0.325. The van der Waals surface area contributed by atoms with Crippen LogP contribution in [0.2, 0.25) is 0 Å². The van der Waals surface area contributed by atoms with Crippen molar-refractivity contribution < 1.29 is 24.3 Å². The van der Waals surface area contributed by atoms with Gasteiger partial charge < -0.3 is 19.5 Å². The number of aliphatic carboxylic acids is 1. The van der Waals surface area contributed by atoms with Gasteiger partial charge in [-0.3, -0.25) is 4.90 Å². The van der Waals surface area contributed by atoms with Crippen LogP contribution in [0, 0.1) is 0 Å². The molecule has 1 aromatic heterocycles. The molecule has 1 N–H and O–H groups in total.